The van der Waals surface area contributed by atoms with E-state index in [9.17, 15) is 55.9 Å². The lowest BCUT2D eigenvalue weighted by molar-refractivity contribution is -0.368. The highest BCUT2D eigenvalue weighted by Gasteiger charge is 2.52. The van der Waals surface area contributed by atoms with Crippen molar-refractivity contribution in [3.8, 4) is 0 Å². The van der Waals surface area contributed by atoms with E-state index in [2.05, 4.69) is 0 Å². The monoisotopic (exact) mass is 504 g/mol. The zero-order valence-electron chi connectivity index (χ0n) is 17.7. The topological polar surface area (TPSA) is 277 Å². The Balaban J connectivity index is 2.25. The summed E-state index contributed by atoms with van der Waals surface area (Å²) in [6.45, 7) is -2.64. The van der Waals surface area contributed by atoms with Crippen LogP contribution < -0.4 is 0 Å². The van der Waals surface area contributed by atoms with Gasteiger partial charge in [-0.1, -0.05) is 0 Å². The van der Waals surface area contributed by atoms with E-state index in [4.69, 9.17) is 24.1 Å². The number of rotatable bonds is 11. The number of hydrogen-bond acceptors (Lipinski definition) is 16. The van der Waals surface area contributed by atoms with Crippen LogP contribution in [-0.2, 0) is 23.7 Å². The SMILES string of the molecule is O=C[C@H](O)[C@@H](O[C@H]1O[C@@H](CO)[C@H](O)[C@@H](O[C@@H]2O[C@H](CO)[C@H](O)[C@H](O)[C@@H]2O)[C@@H]1O)[C@H](O)[C@H](O)CO. The van der Waals surface area contributed by atoms with Crippen LogP contribution in [0.5, 0.6) is 0 Å². The summed E-state index contributed by atoms with van der Waals surface area (Å²) in [5.41, 5.74) is 0. The number of carbonyl (C=O) groups excluding carboxylic acids is 1. The molecule has 14 atom stereocenters. The van der Waals surface area contributed by atoms with E-state index < -0.39 is 106 Å². The molecule has 2 aliphatic rings. The van der Waals surface area contributed by atoms with Crippen molar-refractivity contribution in [3.63, 3.8) is 0 Å². The third-order valence-corrected chi connectivity index (χ3v) is 5.65. The third-order valence-electron chi connectivity index (χ3n) is 5.65. The van der Waals surface area contributed by atoms with Gasteiger partial charge in [0.2, 0.25) is 0 Å². The van der Waals surface area contributed by atoms with E-state index in [0.29, 0.717) is 0 Å². The van der Waals surface area contributed by atoms with Gasteiger partial charge in [0, 0.05) is 0 Å². The maximum Gasteiger partial charge on any atom is 0.187 e. The fraction of sp³-hybridized carbons (Fsp3) is 0.944. The fourth-order valence-electron chi connectivity index (χ4n) is 3.58. The highest BCUT2D eigenvalue weighted by Crippen LogP contribution is 2.30. The molecule has 0 unspecified atom stereocenters. The number of aliphatic hydroxyl groups is 11. The van der Waals surface area contributed by atoms with E-state index in [0.717, 1.165) is 0 Å². The normalized spacial score (nSPS) is 42.6. The summed E-state index contributed by atoms with van der Waals surface area (Å²) in [7, 11) is 0. The average molecular weight is 504 g/mol. The van der Waals surface area contributed by atoms with Crippen molar-refractivity contribution in [2.24, 2.45) is 0 Å². The average Bonchev–Trinajstić information content (AvgIpc) is 2.84. The van der Waals surface area contributed by atoms with Gasteiger partial charge in [0.1, 0.15) is 73.2 Å². The smallest absolute Gasteiger partial charge is 0.187 e. The minimum atomic E-state index is -2.07. The lowest BCUT2D eigenvalue weighted by Crippen LogP contribution is -2.65. The summed E-state index contributed by atoms with van der Waals surface area (Å²) < 4.78 is 21.0. The van der Waals surface area contributed by atoms with Crippen LogP contribution in [-0.4, -0.2) is 168 Å². The predicted octanol–water partition coefficient (Wildman–Crippen LogP) is -7.73. The molecule has 16 nitrogen and oxygen atoms in total. The molecule has 2 heterocycles. The van der Waals surface area contributed by atoms with E-state index in [1.54, 1.807) is 0 Å². The molecule has 11 N–H and O–H groups in total. The number of hydrogen-bond donors (Lipinski definition) is 11. The quantitative estimate of drug-likeness (QED) is 0.117. The molecule has 2 fully saturated rings. The summed E-state index contributed by atoms with van der Waals surface area (Å²) >= 11 is 0. The highest BCUT2D eigenvalue weighted by molar-refractivity contribution is 5.56. The number of carbonyl (C=O) groups is 1. The molecule has 0 saturated carbocycles. The van der Waals surface area contributed by atoms with Crippen LogP contribution >= 0.6 is 0 Å². The van der Waals surface area contributed by atoms with Gasteiger partial charge in [-0.05, 0) is 0 Å². The molecule has 0 aromatic heterocycles. The molecule has 16 heteroatoms. The number of aliphatic hydroxyl groups excluding tert-OH is 11. The van der Waals surface area contributed by atoms with Gasteiger partial charge in [0.05, 0.1) is 19.8 Å². The Labute approximate surface area is 192 Å². The summed E-state index contributed by atoms with van der Waals surface area (Å²) in [6, 6.07) is 0. The van der Waals surface area contributed by atoms with E-state index in [1.165, 1.54) is 0 Å². The Hall–Kier alpha value is -0.930. The molecule has 0 aromatic carbocycles. The van der Waals surface area contributed by atoms with Gasteiger partial charge >= 0.3 is 0 Å². The Bertz CT molecular complexity index is 623. The predicted molar refractivity (Wildman–Crippen MR) is 102 cm³/mol. The number of aldehydes is 1. The molecule has 0 aliphatic carbocycles. The van der Waals surface area contributed by atoms with Gasteiger partial charge in [0.25, 0.3) is 0 Å². The molecular formula is C18H32O16. The first-order valence-corrected chi connectivity index (χ1v) is 10.4. The second-order valence-corrected chi connectivity index (χ2v) is 7.97. The Kier molecular flexibility index (Phi) is 11.1. The Morgan fingerprint density at radius 2 is 1.32 bits per heavy atom. The molecule has 0 radical (unpaired) electrons. The minimum Gasteiger partial charge on any atom is -0.394 e. The summed E-state index contributed by atoms with van der Waals surface area (Å²) in [4.78, 5) is 11.0. The molecule has 200 valence electrons. The van der Waals surface area contributed by atoms with Crippen LogP contribution in [0.25, 0.3) is 0 Å². The number of ether oxygens (including phenoxy) is 4. The summed E-state index contributed by atoms with van der Waals surface area (Å²) in [5.74, 6) is 0. The maximum absolute atomic E-state index is 11.0. The van der Waals surface area contributed by atoms with Crippen molar-refractivity contribution in [1.82, 2.24) is 0 Å². The first kappa shape index (κ1) is 29.3. The molecular weight excluding hydrogens is 472 g/mol. The van der Waals surface area contributed by atoms with Gasteiger partial charge in [-0.3, -0.25) is 0 Å². The second-order valence-electron chi connectivity index (χ2n) is 7.97. The zero-order valence-corrected chi connectivity index (χ0v) is 17.7. The van der Waals surface area contributed by atoms with Crippen molar-refractivity contribution < 1.29 is 79.9 Å². The summed E-state index contributed by atoms with van der Waals surface area (Å²) in [6.07, 6.45) is -25.7. The van der Waals surface area contributed by atoms with Gasteiger partial charge < -0.3 is 79.9 Å². The van der Waals surface area contributed by atoms with Crippen molar-refractivity contribution in [2.45, 2.75) is 85.8 Å². The van der Waals surface area contributed by atoms with Crippen molar-refractivity contribution in [2.75, 3.05) is 19.8 Å². The first-order chi connectivity index (χ1) is 16.0. The zero-order chi connectivity index (χ0) is 25.7. The molecule has 2 aliphatic heterocycles. The molecule has 0 aromatic rings. The van der Waals surface area contributed by atoms with E-state index in [1.807, 2.05) is 0 Å². The maximum atomic E-state index is 11.0. The molecule has 34 heavy (non-hydrogen) atoms. The lowest BCUT2D eigenvalue weighted by Gasteiger charge is -2.46. The van der Waals surface area contributed by atoms with Crippen molar-refractivity contribution in [3.05, 3.63) is 0 Å². The van der Waals surface area contributed by atoms with Gasteiger partial charge in [-0.15, -0.1) is 0 Å². The largest absolute Gasteiger partial charge is 0.394 e. The molecule has 0 amide bonds. The van der Waals surface area contributed by atoms with Crippen molar-refractivity contribution >= 4 is 6.29 Å². The van der Waals surface area contributed by atoms with Gasteiger partial charge in [-0.2, -0.15) is 0 Å². The van der Waals surface area contributed by atoms with Gasteiger partial charge in [0.15, 0.2) is 18.9 Å². The van der Waals surface area contributed by atoms with E-state index in [-0.39, 0.29) is 6.29 Å². The first-order valence-electron chi connectivity index (χ1n) is 10.4. The van der Waals surface area contributed by atoms with Crippen LogP contribution in [0.15, 0.2) is 0 Å². The lowest BCUT2D eigenvalue weighted by atomic mass is 9.96. The van der Waals surface area contributed by atoms with Crippen LogP contribution in [0.4, 0.5) is 0 Å². The third kappa shape index (κ3) is 6.25. The fourth-order valence-corrected chi connectivity index (χ4v) is 3.58. The molecule has 2 rings (SSSR count). The van der Waals surface area contributed by atoms with Crippen LogP contribution in [0, 0.1) is 0 Å². The van der Waals surface area contributed by atoms with E-state index >= 15 is 0 Å². The molecule has 0 bridgehead atoms. The Morgan fingerprint density at radius 3 is 1.85 bits per heavy atom. The summed E-state index contributed by atoms with van der Waals surface area (Å²) in [5, 5.41) is 108. The van der Waals surface area contributed by atoms with Crippen LogP contribution in [0.3, 0.4) is 0 Å². The molecule has 2 saturated heterocycles. The molecule has 0 spiro atoms. The van der Waals surface area contributed by atoms with Crippen LogP contribution in [0.1, 0.15) is 0 Å². The van der Waals surface area contributed by atoms with Crippen molar-refractivity contribution in [1.29, 1.82) is 0 Å². The second kappa shape index (κ2) is 12.9. The van der Waals surface area contributed by atoms with Gasteiger partial charge in [-0.25, -0.2) is 0 Å². The Morgan fingerprint density at radius 1 is 0.765 bits per heavy atom. The minimum absolute atomic E-state index is 0.0620. The standard InChI is InChI=1S/C18H32O16/c19-1-5(23)9(25)15(6(24)2-20)33-18-14(30)16(11(27)8(4-22)32-18)34-17-13(29)12(28)10(26)7(3-21)31-17/h2,5-19,21-30H,1,3-4H2/t5-,6+,7-,8+,9-,10+,11+,12+,13+,14+,15-,16-,17+,18-/m1/s1. The highest BCUT2D eigenvalue weighted by atomic mass is 16.7. The van der Waals surface area contributed by atoms with Crippen LogP contribution in [0.2, 0.25) is 0 Å².